The van der Waals surface area contributed by atoms with Crippen LogP contribution in [0.3, 0.4) is 0 Å². The summed E-state index contributed by atoms with van der Waals surface area (Å²) in [6.07, 6.45) is 1.87. The molecule has 1 atom stereocenters. The van der Waals surface area contributed by atoms with E-state index in [9.17, 15) is 9.59 Å². The van der Waals surface area contributed by atoms with Crippen molar-refractivity contribution < 1.29 is 14.7 Å². The first-order valence-corrected chi connectivity index (χ1v) is 5.76. The SMILES string of the molecule is CC.CCCC(N)=O.O=C1CC(CO)CN1. The molecule has 16 heavy (non-hydrogen) atoms. The van der Waals surface area contributed by atoms with Crippen molar-refractivity contribution in [3.05, 3.63) is 0 Å². The molecule has 1 heterocycles. The molecule has 5 heteroatoms. The molecule has 0 radical (unpaired) electrons. The first kappa shape index (κ1) is 17.3. The van der Waals surface area contributed by atoms with Crippen molar-refractivity contribution in [3.8, 4) is 0 Å². The number of aliphatic hydroxyl groups excluding tert-OH is 1. The van der Waals surface area contributed by atoms with E-state index in [0.29, 0.717) is 19.4 Å². The topological polar surface area (TPSA) is 92.4 Å². The summed E-state index contributed by atoms with van der Waals surface area (Å²) in [5, 5.41) is 11.1. The first-order valence-electron chi connectivity index (χ1n) is 5.76. The van der Waals surface area contributed by atoms with E-state index < -0.39 is 0 Å². The monoisotopic (exact) mass is 232 g/mol. The molecular formula is C11H24N2O3. The largest absolute Gasteiger partial charge is 0.396 e. The van der Waals surface area contributed by atoms with Gasteiger partial charge in [-0.1, -0.05) is 20.8 Å². The Labute approximate surface area is 97.4 Å². The minimum Gasteiger partial charge on any atom is -0.396 e. The van der Waals surface area contributed by atoms with E-state index in [-0.39, 0.29) is 24.3 Å². The van der Waals surface area contributed by atoms with Gasteiger partial charge in [-0.25, -0.2) is 0 Å². The van der Waals surface area contributed by atoms with E-state index in [1.54, 1.807) is 0 Å². The lowest BCUT2D eigenvalue weighted by molar-refractivity contribution is -0.119. The van der Waals surface area contributed by atoms with Gasteiger partial charge in [-0.3, -0.25) is 9.59 Å². The highest BCUT2D eigenvalue weighted by Gasteiger charge is 2.19. The molecule has 0 aliphatic carbocycles. The maximum atomic E-state index is 10.4. The Hall–Kier alpha value is -1.10. The Morgan fingerprint density at radius 1 is 1.56 bits per heavy atom. The molecule has 1 aliphatic rings. The minimum atomic E-state index is -0.211. The zero-order chi connectivity index (χ0) is 13.0. The minimum absolute atomic E-state index is 0.0593. The Morgan fingerprint density at radius 3 is 2.25 bits per heavy atom. The smallest absolute Gasteiger partial charge is 0.220 e. The van der Waals surface area contributed by atoms with Crippen LogP contribution in [-0.4, -0.2) is 30.1 Å². The third-order valence-corrected chi connectivity index (χ3v) is 1.82. The molecule has 0 aromatic carbocycles. The van der Waals surface area contributed by atoms with E-state index in [1.807, 2.05) is 20.8 Å². The Balaban J connectivity index is 0. The normalized spacial score (nSPS) is 17.5. The van der Waals surface area contributed by atoms with Crippen molar-refractivity contribution in [1.29, 1.82) is 0 Å². The van der Waals surface area contributed by atoms with Crippen LogP contribution < -0.4 is 11.1 Å². The number of carbonyl (C=O) groups excluding carboxylic acids is 2. The van der Waals surface area contributed by atoms with Crippen LogP contribution in [0.5, 0.6) is 0 Å². The predicted octanol–water partition coefficient (Wildman–Crippen LogP) is 0.413. The molecule has 0 aromatic heterocycles. The van der Waals surface area contributed by atoms with Gasteiger partial charge in [0.25, 0.3) is 0 Å². The highest BCUT2D eigenvalue weighted by atomic mass is 16.3. The van der Waals surface area contributed by atoms with Gasteiger partial charge in [0, 0.05) is 31.9 Å². The standard InChI is InChI=1S/C5H9NO2.C4H9NO.C2H6/c7-3-4-1-5(8)6-2-4;1-2-3-4(5)6;1-2/h4,7H,1-3H2,(H,6,8);2-3H2,1H3,(H2,5,6);1-2H3. The summed E-state index contributed by atoms with van der Waals surface area (Å²) in [5.41, 5.74) is 4.76. The summed E-state index contributed by atoms with van der Waals surface area (Å²) >= 11 is 0. The van der Waals surface area contributed by atoms with Crippen molar-refractivity contribution in [2.45, 2.75) is 40.0 Å². The lowest BCUT2D eigenvalue weighted by Crippen LogP contribution is -2.14. The molecular weight excluding hydrogens is 208 g/mol. The molecule has 96 valence electrons. The molecule has 1 fully saturated rings. The van der Waals surface area contributed by atoms with Gasteiger partial charge < -0.3 is 16.2 Å². The van der Waals surface area contributed by atoms with Crippen LogP contribution in [0.2, 0.25) is 0 Å². The second-order valence-electron chi connectivity index (χ2n) is 3.27. The van der Waals surface area contributed by atoms with Crippen LogP contribution in [0.1, 0.15) is 40.0 Å². The van der Waals surface area contributed by atoms with Gasteiger partial charge in [0.15, 0.2) is 0 Å². The lowest BCUT2D eigenvalue weighted by atomic mass is 10.1. The predicted molar refractivity (Wildman–Crippen MR) is 63.7 cm³/mol. The van der Waals surface area contributed by atoms with Crippen molar-refractivity contribution in [3.63, 3.8) is 0 Å². The molecule has 0 aromatic rings. The quantitative estimate of drug-likeness (QED) is 0.658. The fourth-order valence-corrected chi connectivity index (χ4v) is 1.04. The van der Waals surface area contributed by atoms with Crippen LogP contribution in [0, 0.1) is 5.92 Å². The van der Waals surface area contributed by atoms with Gasteiger partial charge in [-0.2, -0.15) is 0 Å². The summed E-state index contributed by atoms with van der Waals surface area (Å²) in [6, 6.07) is 0. The lowest BCUT2D eigenvalue weighted by Gasteiger charge is -1.96. The van der Waals surface area contributed by atoms with Gasteiger partial charge in [-0.15, -0.1) is 0 Å². The molecule has 1 saturated heterocycles. The number of primary amides is 1. The molecule has 1 rings (SSSR count). The van der Waals surface area contributed by atoms with Gasteiger partial charge in [0.05, 0.1) is 0 Å². The van der Waals surface area contributed by atoms with Gasteiger partial charge in [-0.05, 0) is 6.42 Å². The third-order valence-electron chi connectivity index (χ3n) is 1.82. The number of hydrogen-bond acceptors (Lipinski definition) is 3. The van der Waals surface area contributed by atoms with Gasteiger partial charge in [0.2, 0.25) is 11.8 Å². The van der Waals surface area contributed by atoms with Crippen LogP contribution in [0.15, 0.2) is 0 Å². The summed E-state index contributed by atoms with van der Waals surface area (Å²) < 4.78 is 0. The van der Waals surface area contributed by atoms with Crippen LogP contribution in [-0.2, 0) is 9.59 Å². The van der Waals surface area contributed by atoms with Gasteiger partial charge in [0.1, 0.15) is 0 Å². The number of nitrogens with two attached hydrogens (primary N) is 1. The molecule has 0 saturated carbocycles. The molecule has 5 nitrogen and oxygen atoms in total. The molecule has 1 unspecified atom stereocenters. The molecule has 0 spiro atoms. The number of rotatable bonds is 3. The number of carbonyl (C=O) groups is 2. The Kier molecular flexibility index (Phi) is 12.9. The van der Waals surface area contributed by atoms with Gasteiger partial charge >= 0.3 is 0 Å². The van der Waals surface area contributed by atoms with E-state index in [4.69, 9.17) is 10.8 Å². The highest BCUT2D eigenvalue weighted by Crippen LogP contribution is 2.05. The van der Waals surface area contributed by atoms with Crippen molar-refractivity contribution in [2.24, 2.45) is 11.7 Å². The van der Waals surface area contributed by atoms with E-state index in [0.717, 1.165) is 6.42 Å². The molecule has 1 aliphatic heterocycles. The van der Waals surface area contributed by atoms with Crippen LogP contribution >= 0.6 is 0 Å². The number of amides is 2. The Bertz CT molecular complexity index is 196. The van der Waals surface area contributed by atoms with Crippen LogP contribution in [0.4, 0.5) is 0 Å². The van der Waals surface area contributed by atoms with E-state index in [2.05, 4.69) is 5.32 Å². The average Bonchev–Trinajstić information content (AvgIpc) is 2.68. The highest BCUT2D eigenvalue weighted by molar-refractivity contribution is 5.78. The second-order valence-corrected chi connectivity index (χ2v) is 3.27. The zero-order valence-corrected chi connectivity index (χ0v) is 10.5. The molecule has 4 N–H and O–H groups in total. The number of aliphatic hydroxyl groups is 1. The third kappa shape index (κ3) is 11.0. The summed E-state index contributed by atoms with van der Waals surface area (Å²) in [5.74, 6) is 0.0176. The fraction of sp³-hybridized carbons (Fsp3) is 0.818. The van der Waals surface area contributed by atoms with E-state index >= 15 is 0 Å². The van der Waals surface area contributed by atoms with Crippen molar-refractivity contribution in [2.75, 3.05) is 13.2 Å². The summed E-state index contributed by atoms with van der Waals surface area (Å²) in [6.45, 7) is 6.69. The molecule has 2 amide bonds. The maximum absolute atomic E-state index is 10.4. The Morgan fingerprint density at radius 2 is 2.12 bits per heavy atom. The second kappa shape index (κ2) is 12.0. The summed E-state index contributed by atoms with van der Waals surface area (Å²) in [4.78, 5) is 20.2. The van der Waals surface area contributed by atoms with Crippen molar-refractivity contribution in [1.82, 2.24) is 5.32 Å². The summed E-state index contributed by atoms with van der Waals surface area (Å²) in [7, 11) is 0. The number of nitrogens with one attached hydrogen (secondary N) is 1. The zero-order valence-electron chi connectivity index (χ0n) is 10.5. The molecule has 0 bridgehead atoms. The number of hydrogen-bond donors (Lipinski definition) is 3. The van der Waals surface area contributed by atoms with Crippen LogP contribution in [0.25, 0.3) is 0 Å². The fourth-order valence-electron chi connectivity index (χ4n) is 1.04. The average molecular weight is 232 g/mol. The van der Waals surface area contributed by atoms with E-state index in [1.165, 1.54) is 0 Å². The first-order chi connectivity index (χ1) is 7.60. The maximum Gasteiger partial charge on any atom is 0.220 e. The van der Waals surface area contributed by atoms with Crippen molar-refractivity contribution >= 4 is 11.8 Å².